The molecule has 0 spiro atoms. The second kappa shape index (κ2) is 8.10. The number of hydrogen-bond donors (Lipinski definition) is 1. The highest BCUT2D eigenvalue weighted by Crippen LogP contribution is 2.53. The number of rotatable bonds is 2. The molecule has 172 valence electrons. The summed E-state index contributed by atoms with van der Waals surface area (Å²) in [5.74, 6) is -4.99. The summed E-state index contributed by atoms with van der Waals surface area (Å²) in [6.45, 7) is 4.99. The Balaban J connectivity index is 1.83. The molecular formula is C25H22F3NO4. The summed E-state index contributed by atoms with van der Waals surface area (Å²) in [6.07, 6.45) is -5.59. The molecule has 1 heterocycles. The van der Waals surface area contributed by atoms with Gasteiger partial charge in [0.25, 0.3) is 0 Å². The van der Waals surface area contributed by atoms with E-state index in [1.807, 2.05) is 0 Å². The van der Waals surface area contributed by atoms with E-state index in [0.717, 1.165) is 0 Å². The highest BCUT2D eigenvalue weighted by atomic mass is 19.4. The van der Waals surface area contributed by atoms with Crippen molar-refractivity contribution in [2.45, 2.75) is 44.4 Å². The Morgan fingerprint density at radius 3 is 2.30 bits per heavy atom. The number of halogens is 3. The molecule has 3 aromatic carbocycles. The first-order valence-corrected chi connectivity index (χ1v) is 10.3. The van der Waals surface area contributed by atoms with Gasteiger partial charge in [0.15, 0.2) is 0 Å². The maximum absolute atomic E-state index is 14.4. The van der Waals surface area contributed by atoms with Crippen molar-refractivity contribution in [1.29, 1.82) is 0 Å². The third-order valence-corrected chi connectivity index (χ3v) is 5.32. The van der Waals surface area contributed by atoms with E-state index in [1.54, 1.807) is 57.2 Å². The maximum Gasteiger partial charge on any atom is 0.412 e. The van der Waals surface area contributed by atoms with Crippen LogP contribution in [0.2, 0.25) is 0 Å². The van der Waals surface area contributed by atoms with Gasteiger partial charge in [-0.05, 0) is 37.8 Å². The normalized spacial score (nSPS) is 18.4. The van der Waals surface area contributed by atoms with Gasteiger partial charge in [0, 0.05) is 16.6 Å². The lowest BCUT2D eigenvalue weighted by Gasteiger charge is -2.34. The fourth-order valence-electron chi connectivity index (χ4n) is 4.07. The van der Waals surface area contributed by atoms with Crippen LogP contribution in [-0.4, -0.2) is 23.8 Å². The van der Waals surface area contributed by atoms with Gasteiger partial charge >= 0.3 is 18.2 Å². The molecule has 2 atom stereocenters. The van der Waals surface area contributed by atoms with Crippen molar-refractivity contribution in [2.75, 3.05) is 5.32 Å². The number of alkyl halides is 3. The van der Waals surface area contributed by atoms with E-state index >= 15 is 0 Å². The van der Waals surface area contributed by atoms with Crippen molar-refractivity contribution in [2.24, 2.45) is 0 Å². The van der Waals surface area contributed by atoms with E-state index < -0.39 is 35.7 Å². The van der Waals surface area contributed by atoms with E-state index in [0.29, 0.717) is 10.8 Å². The van der Waals surface area contributed by atoms with Gasteiger partial charge in [0.1, 0.15) is 17.3 Å². The lowest BCUT2D eigenvalue weighted by atomic mass is 9.77. The number of carbonyl (C=O) groups is 2. The number of benzene rings is 3. The van der Waals surface area contributed by atoms with Crippen LogP contribution in [0.3, 0.4) is 0 Å². The fourth-order valence-corrected chi connectivity index (χ4v) is 4.07. The summed E-state index contributed by atoms with van der Waals surface area (Å²) >= 11 is 0. The second-order valence-corrected chi connectivity index (χ2v) is 8.84. The van der Waals surface area contributed by atoms with Gasteiger partial charge in [-0.3, -0.25) is 10.1 Å². The molecule has 33 heavy (non-hydrogen) atoms. The average molecular weight is 457 g/mol. The van der Waals surface area contributed by atoms with E-state index in [9.17, 15) is 22.8 Å². The zero-order valence-electron chi connectivity index (χ0n) is 18.2. The Bertz CT molecular complexity index is 1230. The molecule has 0 radical (unpaired) electrons. The molecule has 0 bridgehead atoms. The molecule has 1 aliphatic heterocycles. The largest absolute Gasteiger partial charge is 0.444 e. The van der Waals surface area contributed by atoms with Crippen molar-refractivity contribution < 1.29 is 32.2 Å². The lowest BCUT2D eigenvalue weighted by molar-refractivity contribution is -0.170. The lowest BCUT2D eigenvalue weighted by Crippen LogP contribution is -2.38. The van der Waals surface area contributed by atoms with Gasteiger partial charge < -0.3 is 9.47 Å². The first kappa shape index (κ1) is 22.6. The molecule has 0 saturated heterocycles. The van der Waals surface area contributed by atoms with Gasteiger partial charge in [-0.2, -0.15) is 13.2 Å². The van der Waals surface area contributed by atoms with E-state index in [2.05, 4.69) is 5.32 Å². The second-order valence-electron chi connectivity index (χ2n) is 8.84. The molecule has 0 aliphatic carbocycles. The van der Waals surface area contributed by atoms with Crippen LogP contribution in [0.15, 0.2) is 60.7 Å². The summed E-state index contributed by atoms with van der Waals surface area (Å²) in [6, 6.07) is 15.6. The number of hydrogen-bond acceptors (Lipinski definition) is 4. The fraction of sp³-hybridized carbons (Fsp3) is 0.280. The highest BCUT2D eigenvalue weighted by Gasteiger charge is 2.54. The molecule has 4 rings (SSSR count). The molecular weight excluding hydrogens is 435 g/mol. The molecule has 5 nitrogen and oxygen atoms in total. The molecule has 8 heteroatoms. The Labute approximate surface area is 188 Å². The zero-order valence-corrected chi connectivity index (χ0v) is 18.2. The summed E-state index contributed by atoms with van der Waals surface area (Å²) in [5, 5.41) is 3.56. The van der Waals surface area contributed by atoms with Crippen molar-refractivity contribution in [3.63, 3.8) is 0 Å². The summed E-state index contributed by atoms with van der Waals surface area (Å²) in [5.41, 5.74) is -0.892. The summed E-state index contributed by atoms with van der Waals surface area (Å²) < 4.78 is 54.0. The smallest absolute Gasteiger partial charge is 0.412 e. The minimum atomic E-state index is -4.75. The zero-order chi connectivity index (χ0) is 24.0. The van der Waals surface area contributed by atoms with Crippen LogP contribution in [0.25, 0.3) is 10.8 Å². The predicted octanol–water partition coefficient (Wildman–Crippen LogP) is 6.54. The molecule has 0 aromatic heterocycles. The molecule has 2 unspecified atom stereocenters. The van der Waals surface area contributed by atoms with Crippen molar-refractivity contribution in [3.05, 3.63) is 71.8 Å². The van der Waals surface area contributed by atoms with Crippen LogP contribution in [0, 0.1) is 0 Å². The number of fused-ring (bicyclic) bond motifs is 3. The first-order chi connectivity index (χ1) is 15.5. The minimum absolute atomic E-state index is 0.00510. The molecule has 0 fully saturated rings. The summed E-state index contributed by atoms with van der Waals surface area (Å²) in [4.78, 5) is 25.4. The van der Waals surface area contributed by atoms with Crippen LogP contribution in [0.4, 0.5) is 23.7 Å². The summed E-state index contributed by atoms with van der Waals surface area (Å²) in [7, 11) is 0. The Hall–Kier alpha value is -3.55. The maximum atomic E-state index is 14.4. The quantitative estimate of drug-likeness (QED) is 0.351. The minimum Gasteiger partial charge on any atom is -0.444 e. The van der Waals surface area contributed by atoms with Gasteiger partial charge in [-0.25, -0.2) is 4.79 Å². The standard InChI is InChI=1S/C25H22F3NO4/c1-24(2,3)33-23(31)29-18-11-7-6-10-16(18)19-20(25(26,27)28)17-13-12-14-8-4-5-9-15(14)21(17)32-22(19)30/h4-13,19-20H,1-3H3,(H,29,31). The number of anilines is 1. The highest BCUT2D eigenvalue weighted by molar-refractivity contribution is 5.96. The van der Waals surface area contributed by atoms with Gasteiger partial charge in [0.05, 0.1) is 5.92 Å². The molecule has 1 N–H and O–H groups in total. The predicted molar refractivity (Wildman–Crippen MR) is 117 cm³/mol. The van der Waals surface area contributed by atoms with Gasteiger partial charge in [0.2, 0.25) is 0 Å². The number of esters is 1. The number of nitrogens with one attached hydrogen (secondary N) is 1. The molecule has 0 saturated carbocycles. The van der Waals surface area contributed by atoms with E-state index in [4.69, 9.17) is 9.47 Å². The first-order valence-electron chi connectivity index (χ1n) is 10.3. The van der Waals surface area contributed by atoms with Crippen LogP contribution >= 0.6 is 0 Å². The third-order valence-electron chi connectivity index (χ3n) is 5.32. The molecule has 3 aromatic rings. The van der Waals surface area contributed by atoms with E-state index in [-0.39, 0.29) is 22.6 Å². The Kier molecular flexibility index (Phi) is 5.56. The van der Waals surface area contributed by atoms with Crippen molar-refractivity contribution in [3.8, 4) is 5.75 Å². The van der Waals surface area contributed by atoms with Crippen LogP contribution < -0.4 is 10.1 Å². The van der Waals surface area contributed by atoms with Crippen LogP contribution in [-0.2, 0) is 9.53 Å². The number of amides is 1. The topological polar surface area (TPSA) is 64.6 Å². The Morgan fingerprint density at radius 2 is 1.61 bits per heavy atom. The van der Waals surface area contributed by atoms with Gasteiger partial charge in [-0.1, -0.05) is 54.6 Å². The monoisotopic (exact) mass is 457 g/mol. The molecule has 1 amide bonds. The van der Waals surface area contributed by atoms with Gasteiger partial charge in [-0.15, -0.1) is 0 Å². The third kappa shape index (κ3) is 4.51. The molecule has 1 aliphatic rings. The van der Waals surface area contributed by atoms with Crippen molar-refractivity contribution in [1.82, 2.24) is 0 Å². The van der Waals surface area contributed by atoms with Crippen LogP contribution in [0.5, 0.6) is 5.75 Å². The number of carbonyl (C=O) groups excluding carboxylic acids is 2. The number of para-hydroxylation sites is 1. The average Bonchev–Trinajstić information content (AvgIpc) is 2.71. The van der Waals surface area contributed by atoms with Crippen molar-refractivity contribution >= 4 is 28.5 Å². The SMILES string of the molecule is CC(C)(C)OC(=O)Nc1ccccc1C1C(=O)Oc2c(ccc3ccccc23)C1C(F)(F)F. The Morgan fingerprint density at radius 1 is 0.939 bits per heavy atom. The van der Waals surface area contributed by atoms with Crippen LogP contribution in [0.1, 0.15) is 43.7 Å². The van der Waals surface area contributed by atoms with E-state index in [1.165, 1.54) is 24.3 Å². The number of ether oxygens (including phenoxy) is 2.